The molecule has 0 atom stereocenters. The number of hydrogen-bond acceptors (Lipinski definition) is 2. The number of sulfonamides is 1. The van der Waals surface area contributed by atoms with Gasteiger partial charge in [0.1, 0.15) is 0 Å². The van der Waals surface area contributed by atoms with Gasteiger partial charge in [-0.25, -0.2) is 8.42 Å². The molecule has 3 nitrogen and oxygen atoms in total. The second-order valence-corrected chi connectivity index (χ2v) is 4.87. The molecule has 0 aromatic rings. The minimum Gasteiger partial charge on any atom is -0.213 e. The van der Waals surface area contributed by atoms with Crippen molar-refractivity contribution in [3.63, 3.8) is 0 Å². The van der Waals surface area contributed by atoms with Gasteiger partial charge in [0.25, 0.3) is 0 Å². The number of hydrogen-bond donors (Lipinski definition) is 0. The zero-order valence-corrected chi connectivity index (χ0v) is 8.54. The highest BCUT2D eigenvalue weighted by Crippen LogP contribution is 2.06. The quantitative estimate of drug-likeness (QED) is 0.713. The molecule has 0 aliphatic carbocycles. The van der Waals surface area contributed by atoms with Crippen molar-refractivity contribution >= 4 is 33.2 Å². The average Bonchev–Trinajstić information content (AvgIpc) is 1.85. The minimum atomic E-state index is -3.16. The van der Waals surface area contributed by atoms with Crippen LogP contribution in [0.2, 0.25) is 0 Å². The van der Waals surface area contributed by atoms with Gasteiger partial charge in [-0.1, -0.05) is 23.2 Å². The van der Waals surface area contributed by atoms with Crippen molar-refractivity contribution in [1.82, 2.24) is 4.31 Å². The van der Waals surface area contributed by atoms with Gasteiger partial charge in [-0.2, -0.15) is 4.31 Å². The summed E-state index contributed by atoms with van der Waals surface area (Å²) >= 11 is 10.7. The van der Waals surface area contributed by atoms with Crippen LogP contribution < -0.4 is 0 Å². The largest absolute Gasteiger partial charge is 0.213 e. The molecule has 11 heavy (non-hydrogen) atoms. The van der Waals surface area contributed by atoms with Gasteiger partial charge in [0.15, 0.2) is 0 Å². The summed E-state index contributed by atoms with van der Waals surface area (Å²) in [4.78, 5) is 0. The molecular weight excluding hydrogens is 209 g/mol. The Hall–Kier alpha value is 0.230. The molecule has 0 aromatic heterocycles. The van der Waals surface area contributed by atoms with Crippen LogP contribution in [0.4, 0.5) is 0 Å². The summed E-state index contributed by atoms with van der Waals surface area (Å²) in [7, 11) is -1.73. The van der Waals surface area contributed by atoms with Crippen LogP contribution in [0, 0.1) is 0 Å². The Morgan fingerprint density at radius 2 is 2.09 bits per heavy atom. The van der Waals surface area contributed by atoms with Crippen LogP contribution in [0.15, 0.2) is 10.6 Å². The Kier molecular flexibility index (Phi) is 4.39. The first-order valence-corrected chi connectivity index (χ1v) is 5.40. The molecule has 0 saturated carbocycles. The summed E-state index contributed by atoms with van der Waals surface area (Å²) in [6.45, 7) is 0.115. The van der Waals surface area contributed by atoms with E-state index in [1.165, 1.54) is 7.05 Å². The Morgan fingerprint density at radius 3 is 2.36 bits per heavy atom. The summed E-state index contributed by atoms with van der Waals surface area (Å²) in [5.41, 5.74) is 1.14. The first kappa shape index (κ1) is 11.2. The Balaban J connectivity index is 4.21. The second-order valence-electron chi connectivity index (χ2n) is 2.08. The van der Waals surface area contributed by atoms with Crippen molar-refractivity contribution in [3.05, 3.63) is 10.6 Å². The van der Waals surface area contributed by atoms with Crippen molar-refractivity contribution < 1.29 is 8.42 Å². The van der Waals surface area contributed by atoms with Crippen molar-refractivity contribution in [2.45, 2.75) is 0 Å². The summed E-state index contributed by atoms with van der Waals surface area (Å²) in [6, 6.07) is 0. The van der Waals surface area contributed by atoms with Crippen LogP contribution in [0.25, 0.3) is 0 Å². The molecule has 0 aromatic carbocycles. The van der Waals surface area contributed by atoms with Crippen LogP contribution in [0.3, 0.4) is 0 Å². The summed E-state index contributed by atoms with van der Waals surface area (Å²) < 4.78 is 22.7. The van der Waals surface area contributed by atoms with Gasteiger partial charge >= 0.3 is 0 Å². The van der Waals surface area contributed by atoms with Crippen molar-refractivity contribution in [1.29, 1.82) is 0 Å². The molecule has 0 radical (unpaired) electrons. The lowest BCUT2D eigenvalue weighted by molar-refractivity contribution is 0.503. The normalized spacial score (nSPS) is 14.1. The van der Waals surface area contributed by atoms with E-state index in [2.05, 4.69) is 0 Å². The molecule has 0 bridgehead atoms. The van der Waals surface area contributed by atoms with Crippen LogP contribution in [-0.2, 0) is 10.0 Å². The summed E-state index contributed by atoms with van der Waals surface area (Å²) in [6.07, 6.45) is 1.10. The van der Waals surface area contributed by atoms with Gasteiger partial charge < -0.3 is 0 Å². The molecular formula is C5H9Cl2NO2S. The van der Waals surface area contributed by atoms with Gasteiger partial charge in [0.2, 0.25) is 10.0 Å². The van der Waals surface area contributed by atoms with Crippen LogP contribution in [-0.4, -0.2) is 32.6 Å². The van der Waals surface area contributed by atoms with E-state index in [1.54, 1.807) is 0 Å². The molecule has 0 rings (SSSR count). The van der Waals surface area contributed by atoms with Crippen molar-refractivity contribution in [3.8, 4) is 0 Å². The Morgan fingerprint density at radius 1 is 1.64 bits per heavy atom. The monoisotopic (exact) mass is 217 g/mol. The molecule has 0 aliphatic rings. The third kappa shape index (κ3) is 4.63. The van der Waals surface area contributed by atoms with Gasteiger partial charge in [-0.05, 0) is 0 Å². The first-order valence-electron chi connectivity index (χ1n) is 2.74. The van der Waals surface area contributed by atoms with E-state index in [1.807, 2.05) is 0 Å². The van der Waals surface area contributed by atoms with E-state index < -0.39 is 10.0 Å². The Bertz CT molecular complexity index is 247. The smallest absolute Gasteiger partial charge is 0.211 e. The van der Waals surface area contributed by atoms with E-state index in [-0.39, 0.29) is 6.54 Å². The lowest BCUT2D eigenvalue weighted by Crippen LogP contribution is -2.26. The fourth-order valence-corrected chi connectivity index (χ4v) is 1.06. The molecule has 0 fully saturated rings. The lowest BCUT2D eigenvalue weighted by Gasteiger charge is -2.11. The van der Waals surface area contributed by atoms with E-state index in [4.69, 9.17) is 23.2 Å². The summed E-state index contributed by atoms with van der Waals surface area (Å²) in [5.74, 6) is 0. The highest BCUT2D eigenvalue weighted by molar-refractivity contribution is 7.88. The molecule has 66 valence electrons. The average molecular weight is 218 g/mol. The lowest BCUT2D eigenvalue weighted by atomic mass is 10.6. The number of rotatable bonds is 3. The van der Waals surface area contributed by atoms with Gasteiger partial charge in [0.05, 0.1) is 6.26 Å². The topological polar surface area (TPSA) is 37.4 Å². The van der Waals surface area contributed by atoms with E-state index in [0.717, 1.165) is 16.1 Å². The highest BCUT2D eigenvalue weighted by atomic mass is 35.5. The molecule has 0 amide bonds. The van der Waals surface area contributed by atoms with Crippen LogP contribution in [0.1, 0.15) is 0 Å². The van der Waals surface area contributed by atoms with E-state index in [0.29, 0.717) is 5.03 Å². The zero-order chi connectivity index (χ0) is 9.07. The minimum absolute atomic E-state index is 0.115. The molecule has 0 saturated heterocycles. The predicted octanol–water partition coefficient (Wildman–Crippen LogP) is 1.20. The SMILES string of the molecule is CN(C/C(Cl)=C/Cl)S(C)(=O)=O. The fraction of sp³-hybridized carbons (Fsp3) is 0.600. The number of nitrogens with zero attached hydrogens (tertiary/aromatic N) is 1. The molecule has 0 N–H and O–H groups in total. The summed E-state index contributed by atoms with van der Waals surface area (Å²) in [5, 5.41) is 0.291. The first-order chi connectivity index (χ1) is 4.88. The maximum absolute atomic E-state index is 10.8. The third-order valence-electron chi connectivity index (χ3n) is 1.06. The van der Waals surface area contributed by atoms with Gasteiger partial charge in [0, 0.05) is 24.2 Å². The molecule has 0 spiro atoms. The van der Waals surface area contributed by atoms with Crippen molar-refractivity contribution in [2.24, 2.45) is 0 Å². The number of likely N-dealkylation sites (N-methyl/N-ethyl adjacent to an activating group) is 1. The highest BCUT2D eigenvalue weighted by Gasteiger charge is 2.10. The number of halogens is 2. The standard InChI is InChI=1S/C5H9Cl2NO2S/c1-8(11(2,9)10)4-5(7)3-6/h3H,4H2,1-2H3/b5-3-. The second kappa shape index (κ2) is 4.30. The van der Waals surface area contributed by atoms with Gasteiger partial charge in [-0.3, -0.25) is 0 Å². The van der Waals surface area contributed by atoms with E-state index in [9.17, 15) is 8.42 Å². The molecule has 0 heterocycles. The fourth-order valence-electron chi connectivity index (χ4n) is 0.364. The molecule has 6 heteroatoms. The maximum atomic E-state index is 10.8. The predicted molar refractivity (Wildman–Crippen MR) is 47.3 cm³/mol. The molecule has 0 aliphatic heterocycles. The van der Waals surface area contributed by atoms with Crippen LogP contribution in [0.5, 0.6) is 0 Å². The van der Waals surface area contributed by atoms with Gasteiger partial charge in [-0.15, -0.1) is 0 Å². The molecule has 0 unspecified atom stereocenters. The Labute approximate surface area is 76.6 Å². The zero-order valence-electron chi connectivity index (χ0n) is 6.21. The van der Waals surface area contributed by atoms with Crippen LogP contribution >= 0.6 is 23.2 Å². The third-order valence-corrected chi connectivity index (χ3v) is 2.92. The van der Waals surface area contributed by atoms with E-state index >= 15 is 0 Å². The van der Waals surface area contributed by atoms with Crippen molar-refractivity contribution in [2.75, 3.05) is 19.8 Å². The maximum Gasteiger partial charge on any atom is 0.211 e.